The number of unbranched alkanes of at least 4 members (excludes halogenated alkanes) is 1. The molecule has 0 fully saturated rings. The van der Waals surface area contributed by atoms with E-state index in [2.05, 4.69) is 4.74 Å². The lowest BCUT2D eigenvalue weighted by Crippen LogP contribution is -2.05. The van der Waals surface area contributed by atoms with E-state index in [1.165, 1.54) is 18.2 Å². The van der Waals surface area contributed by atoms with Gasteiger partial charge >= 0.3 is 0 Å². The van der Waals surface area contributed by atoms with E-state index in [-0.39, 0.29) is 23.8 Å². The maximum Gasteiger partial charge on any atom is 0.298 e. The van der Waals surface area contributed by atoms with E-state index in [1.807, 2.05) is 6.92 Å². The standard InChI is InChI=1S/C22H25FO6/c1-3-6-19(25)17-8-10-20(15(2)22(17)26)28-12-5-4-11-27-16-7-9-18(23)21(13-16)29-14-24/h7-10,13-14,26H,3-6,11-12H2,1-2H3. The van der Waals surface area contributed by atoms with E-state index >= 15 is 0 Å². The van der Waals surface area contributed by atoms with Crippen molar-refractivity contribution in [1.82, 2.24) is 0 Å². The molecule has 2 aromatic rings. The van der Waals surface area contributed by atoms with Gasteiger partial charge < -0.3 is 19.3 Å². The minimum absolute atomic E-state index is 0.0334. The fraction of sp³-hybridized carbons (Fsp3) is 0.364. The Kier molecular flexibility index (Phi) is 8.45. The van der Waals surface area contributed by atoms with Crippen LogP contribution in [0, 0.1) is 12.7 Å². The van der Waals surface area contributed by atoms with Crippen LogP contribution in [0.25, 0.3) is 0 Å². The van der Waals surface area contributed by atoms with Crippen LogP contribution < -0.4 is 14.2 Å². The van der Waals surface area contributed by atoms with Crippen LogP contribution >= 0.6 is 0 Å². The first kappa shape index (κ1) is 22.2. The molecule has 0 saturated carbocycles. The van der Waals surface area contributed by atoms with Crippen molar-refractivity contribution >= 4 is 12.3 Å². The third-order valence-corrected chi connectivity index (χ3v) is 4.30. The van der Waals surface area contributed by atoms with Gasteiger partial charge in [-0.25, -0.2) is 4.39 Å². The van der Waals surface area contributed by atoms with Crippen molar-refractivity contribution in [3.05, 3.63) is 47.3 Å². The highest BCUT2D eigenvalue weighted by Crippen LogP contribution is 2.31. The summed E-state index contributed by atoms with van der Waals surface area (Å²) in [5, 5.41) is 10.2. The quantitative estimate of drug-likeness (QED) is 0.316. The highest BCUT2D eigenvalue weighted by molar-refractivity contribution is 5.99. The molecule has 2 rings (SSSR count). The lowest BCUT2D eigenvalue weighted by atomic mass is 10.0. The Balaban J connectivity index is 1.78. The van der Waals surface area contributed by atoms with Crippen molar-refractivity contribution in [3.8, 4) is 23.0 Å². The second kappa shape index (κ2) is 11.0. The van der Waals surface area contributed by atoms with Crippen LogP contribution in [-0.2, 0) is 4.79 Å². The van der Waals surface area contributed by atoms with E-state index in [0.29, 0.717) is 55.1 Å². The summed E-state index contributed by atoms with van der Waals surface area (Å²) in [6, 6.07) is 7.22. The van der Waals surface area contributed by atoms with Gasteiger partial charge in [0.05, 0.1) is 18.8 Å². The van der Waals surface area contributed by atoms with Crippen molar-refractivity contribution in [2.45, 2.75) is 39.5 Å². The van der Waals surface area contributed by atoms with Gasteiger partial charge in [0, 0.05) is 18.1 Å². The van der Waals surface area contributed by atoms with Crippen LogP contribution in [0.15, 0.2) is 30.3 Å². The molecule has 0 atom stereocenters. The molecular weight excluding hydrogens is 379 g/mol. The molecule has 0 saturated heterocycles. The summed E-state index contributed by atoms with van der Waals surface area (Å²) >= 11 is 0. The Morgan fingerprint density at radius 3 is 2.52 bits per heavy atom. The molecule has 2 aromatic carbocycles. The van der Waals surface area contributed by atoms with Gasteiger partial charge in [-0.1, -0.05) is 6.92 Å². The first-order valence-corrected chi connectivity index (χ1v) is 9.49. The van der Waals surface area contributed by atoms with E-state index < -0.39 is 5.82 Å². The van der Waals surface area contributed by atoms with Gasteiger partial charge in [0.15, 0.2) is 17.3 Å². The number of carbonyl (C=O) groups excluding carboxylic acids is 2. The van der Waals surface area contributed by atoms with E-state index in [9.17, 15) is 19.1 Å². The molecule has 0 aliphatic carbocycles. The zero-order chi connectivity index (χ0) is 21.2. The number of benzene rings is 2. The first-order chi connectivity index (χ1) is 14.0. The normalized spacial score (nSPS) is 10.4. The first-order valence-electron chi connectivity index (χ1n) is 9.49. The van der Waals surface area contributed by atoms with Gasteiger partial charge in [0.2, 0.25) is 0 Å². The number of hydrogen-bond acceptors (Lipinski definition) is 6. The van der Waals surface area contributed by atoms with Gasteiger partial charge in [0.1, 0.15) is 17.2 Å². The van der Waals surface area contributed by atoms with E-state index in [4.69, 9.17) is 9.47 Å². The topological polar surface area (TPSA) is 82.1 Å². The minimum atomic E-state index is -0.640. The second-order valence-corrected chi connectivity index (χ2v) is 6.47. The van der Waals surface area contributed by atoms with Gasteiger partial charge in [-0.15, -0.1) is 0 Å². The average molecular weight is 404 g/mol. The Hall–Kier alpha value is -3.09. The highest BCUT2D eigenvalue weighted by Gasteiger charge is 2.15. The maximum absolute atomic E-state index is 13.4. The van der Waals surface area contributed by atoms with Gasteiger partial charge in [0.25, 0.3) is 6.47 Å². The summed E-state index contributed by atoms with van der Waals surface area (Å²) < 4.78 is 29.1. The number of carbonyl (C=O) groups is 2. The molecule has 0 aliphatic heterocycles. The predicted molar refractivity (Wildman–Crippen MR) is 105 cm³/mol. The number of aromatic hydroxyl groups is 1. The average Bonchev–Trinajstić information content (AvgIpc) is 2.70. The molecule has 6 nitrogen and oxygen atoms in total. The molecule has 0 heterocycles. The predicted octanol–water partition coefficient (Wildman–Crippen LogP) is 4.60. The van der Waals surface area contributed by atoms with Crippen molar-refractivity contribution in [2.75, 3.05) is 13.2 Å². The largest absolute Gasteiger partial charge is 0.507 e. The van der Waals surface area contributed by atoms with Gasteiger partial charge in [-0.05, 0) is 50.5 Å². The number of Topliss-reactive ketones (excluding diaryl/α,β-unsaturated/α-hetero) is 1. The zero-order valence-electron chi connectivity index (χ0n) is 16.6. The summed E-state index contributed by atoms with van der Waals surface area (Å²) in [6.07, 6.45) is 2.49. The molecule has 156 valence electrons. The second-order valence-electron chi connectivity index (χ2n) is 6.47. The Bertz CT molecular complexity index is 849. The lowest BCUT2D eigenvalue weighted by Gasteiger charge is -2.13. The van der Waals surface area contributed by atoms with Gasteiger partial charge in [-0.2, -0.15) is 0 Å². The monoisotopic (exact) mass is 404 g/mol. The van der Waals surface area contributed by atoms with Crippen LogP contribution in [0.2, 0.25) is 0 Å². The zero-order valence-corrected chi connectivity index (χ0v) is 16.6. The van der Waals surface area contributed by atoms with Crippen LogP contribution in [0.3, 0.4) is 0 Å². The van der Waals surface area contributed by atoms with Crippen LogP contribution in [0.5, 0.6) is 23.0 Å². The molecule has 1 N–H and O–H groups in total. The maximum atomic E-state index is 13.4. The number of phenols is 1. The Morgan fingerprint density at radius 2 is 1.83 bits per heavy atom. The fourth-order valence-corrected chi connectivity index (χ4v) is 2.72. The summed E-state index contributed by atoms with van der Waals surface area (Å²) in [4.78, 5) is 22.3. The third-order valence-electron chi connectivity index (χ3n) is 4.30. The SMILES string of the molecule is CCCC(=O)c1ccc(OCCCCOc2ccc(F)c(OC=O)c2)c(C)c1O. The van der Waals surface area contributed by atoms with Crippen molar-refractivity contribution in [2.24, 2.45) is 0 Å². The molecule has 0 radical (unpaired) electrons. The number of halogens is 1. The number of phenolic OH excluding ortho intramolecular Hbond substituents is 1. The van der Waals surface area contributed by atoms with Crippen molar-refractivity contribution in [3.63, 3.8) is 0 Å². The molecule has 0 spiro atoms. The van der Waals surface area contributed by atoms with E-state index in [1.54, 1.807) is 19.1 Å². The summed E-state index contributed by atoms with van der Waals surface area (Å²) in [7, 11) is 0. The smallest absolute Gasteiger partial charge is 0.298 e. The summed E-state index contributed by atoms with van der Waals surface area (Å²) in [6.45, 7) is 4.57. The number of rotatable bonds is 12. The number of ether oxygens (including phenoxy) is 3. The molecule has 29 heavy (non-hydrogen) atoms. The molecule has 0 bridgehead atoms. The Labute approximate surface area is 169 Å². The third kappa shape index (κ3) is 6.20. The van der Waals surface area contributed by atoms with Crippen molar-refractivity contribution in [1.29, 1.82) is 0 Å². The molecule has 0 amide bonds. The van der Waals surface area contributed by atoms with E-state index in [0.717, 1.165) is 6.42 Å². The highest BCUT2D eigenvalue weighted by atomic mass is 19.1. The fourth-order valence-electron chi connectivity index (χ4n) is 2.72. The molecule has 0 aromatic heterocycles. The molecule has 7 heteroatoms. The number of hydrogen-bond donors (Lipinski definition) is 1. The summed E-state index contributed by atoms with van der Waals surface area (Å²) in [5.41, 5.74) is 0.861. The van der Waals surface area contributed by atoms with Crippen molar-refractivity contribution < 1.29 is 33.3 Å². The molecule has 0 unspecified atom stereocenters. The van der Waals surface area contributed by atoms with Crippen LogP contribution in [-0.4, -0.2) is 30.6 Å². The molecule has 0 aliphatic rings. The summed E-state index contributed by atoms with van der Waals surface area (Å²) in [5.74, 6) is -0.00739. The Morgan fingerprint density at radius 1 is 1.10 bits per heavy atom. The molecular formula is C22H25FO6. The van der Waals surface area contributed by atoms with Crippen LogP contribution in [0.4, 0.5) is 4.39 Å². The lowest BCUT2D eigenvalue weighted by molar-refractivity contribution is -0.120. The van der Waals surface area contributed by atoms with Gasteiger partial charge in [-0.3, -0.25) is 9.59 Å². The van der Waals surface area contributed by atoms with Crippen LogP contribution in [0.1, 0.15) is 48.5 Å². The number of ketones is 1. The minimum Gasteiger partial charge on any atom is -0.507 e.